The summed E-state index contributed by atoms with van der Waals surface area (Å²) in [6, 6.07) is 5.04. The van der Waals surface area contributed by atoms with E-state index in [1.54, 1.807) is 24.4 Å². The molecule has 0 bridgehead atoms. The highest BCUT2D eigenvalue weighted by molar-refractivity contribution is 9.10. The number of nitrogens with one attached hydrogen (secondary N) is 1. The van der Waals surface area contributed by atoms with Crippen molar-refractivity contribution in [2.75, 3.05) is 11.1 Å². The predicted octanol–water partition coefficient (Wildman–Crippen LogP) is 3.64. The first-order chi connectivity index (χ1) is 8.97. The topological polar surface area (TPSA) is 68.0 Å². The number of nitrogen functional groups attached to an aromatic ring is 1. The van der Waals surface area contributed by atoms with Crippen molar-refractivity contribution in [3.63, 3.8) is 0 Å². The second-order valence-corrected chi connectivity index (χ2v) is 5.36. The molecule has 2 rings (SSSR count). The summed E-state index contributed by atoms with van der Waals surface area (Å²) in [5.41, 5.74) is 8.11. The third-order valence-corrected chi connectivity index (χ3v) is 3.32. The number of hydrogen-bond donors (Lipinski definition) is 2. The molecule has 0 spiro atoms. The van der Waals surface area contributed by atoms with Gasteiger partial charge in [0.05, 0.1) is 16.3 Å². The van der Waals surface area contributed by atoms with Gasteiger partial charge in [-0.1, -0.05) is 11.6 Å². The molecule has 1 aromatic heterocycles. The van der Waals surface area contributed by atoms with Gasteiger partial charge >= 0.3 is 0 Å². The monoisotopic (exact) mass is 339 g/mol. The quantitative estimate of drug-likeness (QED) is 0.820. The van der Waals surface area contributed by atoms with E-state index in [1.165, 1.54) is 6.20 Å². The molecule has 1 amide bonds. The van der Waals surface area contributed by atoms with Crippen molar-refractivity contribution < 1.29 is 4.79 Å². The van der Waals surface area contributed by atoms with Crippen LogP contribution < -0.4 is 11.1 Å². The van der Waals surface area contributed by atoms with Crippen LogP contribution in [0.5, 0.6) is 0 Å². The number of carbonyl (C=O) groups is 1. The first-order valence-electron chi connectivity index (χ1n) is 5.45. The molecule has 1 aromatic carbocycles. The van der Waals surface area contributed by atoms with Crippen LogP contribution in [0.2, 0.25) is 5.02 Å². The minimum Gasteiger partial charge on any atom is -0.398 e. The van der Waals surface area contributed by atoms with Crippen LogP contribution in [0, 0.1) is 6.92 Å². The van der Waals surface area contributed by atoms with Gasteiger partial charge < -0.3 is 11.1 Å². The van der Waals surface area contributed by atoms with Gasteiger partial charge in [0.1, 0.15) is 0 Å². The maximum atomic E-state index is 12.1. The Labute approximate surface area is 124 Å². The van der Waals surface area contributed by atoms with Crippen molar-refractivity contribution in [1.29, 1.82) is 0 Å². The number of nitrogens with two attached hydrogens (primary N) is 1. The highest BCUT2D eigenvalue weighted by atomic mass is 79.9. The predicted molar refractivity (Wildman–Crippen MR) is 80.5 cm³/mol. The van der Waals surface area contributed by atoms with E-state index in [2.05, 4.69) is 26.2 Å². The van der Waals surface area contributed by atoms with Crippen LogP contribution >= 0.6 is 27.5 Å². The number of pyridine rings is 1. The highest BCUT2D eigenvalue weighted by Crippen LogP contribution is 2.27. The summed E-state index contributed by atoms with van der Waals surface area (Å²) in [5, 5.41) is 3.19. The van der Waals surface area contributed by atoms with Crippen molar-refractivity contribution >= 4 is 44.8 Å². The smallest absolute Gasteiger partial charge is 0.257 e. The third-order valence-electron chi connectivity index (χ3n) is 2.56. The number of hydrogen-bond acceptors (Lipinski definition) is 3. The average molecular weight is 341 g/mol. The molecular weight excluding hydrogens is 330 g/mol. The maximum Gasteiger partial charge on any atom is 0.257 e. The number of nitrogens with zero attached hydrogens (tertiary/aromatic N) is 1. The van der Waals surface area contributed by atoms with Crippen LogP contribution in [0.25, 0.3) is 0 Å². The molecule has 4 nitrogen and oxygen atoms in total. The first kappa shape index (κ1) is 13.8. The molecule has 3 N–H and O–H groups in total. The minimum atomic E-state index is -0.252. The summed E-state index contributed by atoms with van der Waals surface area (Å²) >= 11 is 9.22. The van der Waals surface area contributed by atoms with Gasteiger partial charge in [-0.2, -0.15) is 0 Å². The molecule has 0 aliphatic rings. The number of aromatic nitrogens is 1. The Bertz CT molecular complexity index is 646. The lowest BCUT2D eigenvalue weighted by molar-refractivity contribution is 0.102. The molecular formula is C13H11BrClN3O. The molecule has 98 valence electrons. The summed E-state index contributed by atoms with van der Waals surface area (Å²) in [5.74, 6) is -0.252. The summed E-state index contributed by atoms with van der Waals surface area (Å²) in [6.45, 7) is 1.85. The number of amides is 1. The molecule has 2 aromatic rings. The van der Waals surface area contributed by atoms with Crippen LogP contribution in [-0.4, -0.2) is 10.9 Å². The number of halogens is 2. The van der Waals surface area contributed by atoms with E-state index in [0.717, 1.165) is 10.0 Å². The van der Waals surface area contributed by atoms with Gasteiger partial charge in [0.15, 0.2) is 0 Å². The SMILES string of the molecule is Cc1cc(N)c(Cl)cc1NC(=O)c1cncc(Br)c1. The van der Waals surface area contributed by atoms with E-state index < -0.39 is 0 Å². The zero-order valence-corrected chi connectivity index (χ0v) is 12.4. The number of anilines is 2. The molecule has 0 unspecified atom stereocenters. The lowest BCUT2D eigenvalue weighted by atomic mass is 10.1. The van der Waals surface area contributed by atoms with Crippen molar-refractivity contribution in [3.8, 4) is 0 Å². The van der Waals surface area contributed by atoms with Crippen LogP contribution in [0.1, 0.15) is 15.9 Å². The molecule has 1 heterocycles. The van der Waals surface area contributed by atoms with Gasteiger partial charge in [0.2, 0.25) is 0 Å². The van der Waals surface area contributed by atoms with Crippen molar-refractivity contribution in [1.82, 2.24) is 4.98 Å². The largest absolute Gasteiger partial charge is 0.398 e. The molecule has 0 saturated heterocycles. The van der Waals surface area contributed by atoms with Crippen molar-refractivity contribution in [2.24, 2.45) is 0 Å². The van der Waals surface area contributed by atoms with Gasteiger partial charge in [-0.3, -0.25) is 9.78 Å². The van der Waals surface area contributed by atoms with Gasteiger partial charge in [-0.25, -0.2) is 0 Å². The van der Waals surface area contributed by atoms with E-state index in [1.807, 2.05) is 6.92 Å². The van der Waals surface area contributed by atoms with E-state index in [9.17, 15) is 4.79 Å². The summed E-state index contributed by atoms with van der Waals surface area (Å²) in [7, 11) is 0. The first-order valence-corrected chi connectivity index (χ1v) is 6.62. The van der Waals surface area contributed by atoms with Crippen LogP contribution in [0.15, 0.2) is 35.1 Å². The fraction of sp³-hybridized carbons (Fsp3) is 0.0769. The van der Waals surface area contributed by atoms with E-state index >= 15 is 0 Å². The van der Waals surface area contributed by atoms with Crippen molar-refractivity contribution in [3.05, 3.63) is 51.2 Å². The third kappa shape index (κ3) is 3.24. The summed E-state index contributed by atoms with van der Waals surface area (Å²) < 4.78 is 0.743. The Hall–Kier alpha value is -1.59. The molecule has 0 aliphatic carbocycles. The van der Waals surface area contributed by atoms with Crippen LogP contribution in [-0.2, 0) is 0 Å². The van der Waals surface area contributed by atoms with Crippen LogP contribution in [0.3, 0.4) is 0 Å². The molecule has 0 saturated carbocycles. The molecule has 6 heteroatoms. The zero-order chi connectivity index (χ0) is 14.0. The molecule has 0 aliphatic heterocycles. The average Bonchev–Trinajstić information content (AvgIpc) is 2.36. The van der Waals surface area contributed by atoms with E-state index in [4.69, 9.17) is 17.3 Å². The van der Waals surface area contributed by atoms with Gasteiger partial charge in [-0.05, 0) is 46.6 Å². The molecule has 0 radical (unpaired) electrons. The van der Waals surface area contributed by atoms with Crippen molar-refractivity contribution in [2.45, 2.75) is 6.92 Å². The molecule has 19 heavy (non-hydrogen) atoms. The fourth-order valence-electron chi connectivity index (χ4n) is 1.57. The zero-order valence-electron chi connectivity index (χ0n) is 10.1. The number of carbonyl (C=O) groups excluding carboxylic acids is 1. The van der Waals surface area contributed by atoms with Crippen LogP contribution in [0.4, 0.5) is 11.4 Å². The second kappa shape index (κ2) is 5.59. The summed E-state index contributed by atoms with van der Waals surface area (Å²) in [6.07, 6.45) is 3.11. The van der Waals surface area contributed by atoms with Gasteiger partial charge in [-0.15, -0.1) is 0 Å². The second-order valence-electron chi connectivity index (χ2n) is 4.03. The highest BCUT2D eigenvalue weighted by Gasteiger charge is 2.10. The Morgan fingerprint density at radius 3 is 2.79 bits per heavy atom. The summed E-state index contributed by atoms with van der Waals surface area (Å²) in [4.78, 5) is 16.0. The lowest BCUT2D eigenvalue weighted by Crippen LogP contribution is -2.13. The Morgan fingerprint density at radius 1 is 1.37 bits per heavy atom. The fourth-order valence-corrected chi connectivity index (χ4v) is 2.10. The standard InChI is InChI=1S/C13H11BrClN3O/c1-7-2-11(16)10(15)4-12(7)18-13(19)8-3-9(14)6-17-5-8/h2-6H,16H2,1H3,(H,18,19). The number of benzene rings is 1. The van der Waals surface area contributed by atoms with Gasteiger partial charge in [0.25, 0.3) is 5.91 Å². The molecule has 0 fully saturated rings. The van der Waals surface area contributed by atoms with E-state index in [-0.39, 0.29) is 5.91 Å². The maximum absolute atomic E-state index is 12.1. The Morgan fingerprint density at radius 2 is 2.11 bits per heavy atom. The minimum absolute atomic E-state index is 0.252. The van der Waals surface area contributed by atoms with Gasteiger partial charge in [0, 0.05) is 22.6 Å². The lowest BCUT2D eigenvalue weighted by Gasteiger charge is -2.10. The molecule has 0 atom stereocenters. The number of rotatable bonds is 2. The Balaban J connectivity index is 2.27. The normalized spacial score (nSPS) is 10.3. The van der Waals surface area contributed by atoms with E-state index in [0.29, 0.717) is 22.0 Å². The number of aryl methyl sites for hydroxylation is 1. The Kier molecular flexibility index (Phi) is 4.07.